The van der Waals surface area contributed by atoms with Gasteiger partial charge in [0.15, 0.2) is 8.09 Å². The third kappa shape index (κ3) is 2.47. The molecule has 13 heavy (non-hydrogen) atoms. The summed E-state index contributed by atoms with van der Waals surface area (Å²) in [5, 5.41) is 7.19. The molecule has 1 heterocycles. The summed E-state index contributed by atoms with van der Waals surface area (Å²) in [6.07, 6.45) is 0. The van der Waals surface area contributed by atoms with E-state index in [0.717, 1.165) is 0 Å². The minimum atomic E-state index is -3.43. The zero-order valence-electron chi connectivity index (χ0n) is 6.61. The molecule has 0 aliphatic carbocycles. The number of nitrogens with zero attached hydrogens (tertiary/aromatic N) is 2. The Balaban J connectivity index is 3.17. The van der Waals surface area contributed by atoms with E-state index >= 15 is 0 Å². The Morgan fingerprint density at radius 2 is 1.92 bits per heavy atom. The summed E-state index contributed by atoms with van der Waals surface area (Å²) >= 11 is 5.82. The normalized spacial score (nSPS) is 12.0. The number of alkyl halides is 2. The van der Waals surface area contributed by atoms with Gasteiger partial charge in [-0.25, -0.2) is 8.42 Å². The first kappa shape index (κ1) is 11.1. The molecule has 0 amide bonds. The molecule has 7 heteroatoms. The van der Waals surface area contributed by atoms with Crippen LogP contribution in [-0.4, -0.2) is 21.7 Å². The van der Waals surface area contributed by atoms with Crippen LogP contribution >= 0.6 is 31.9 Å². The Bertz CT molecular complexity index is 388. The summed E-state index contributed by atoms with van der Waals surface area (Å²) in [4.78, 5) is 0. The summed E-state index contributed by atoms with van der Waals surface area (Å²) in [7, 11) is -3.43. The lowest BCUT2D eigenvalue weighted by Crippen LogP contribution is -2.11. The van der Waals surface area contributed by atoms with Crippen LogP contribution in [0.1, 0.15) is 5.69 Å². The van der Waals surface area contributed by atoms with Crippen LogP contribution in [0, 0.1) is 6.92 Å². The third-order valence-corrected chi connectivity index (χ3v) is 5.52. The molecule has 4 nitrogen and oxygen atoms in total. The number of aromatic nitrogens is 2. The standard InChI is InChI=1S/C6H6Br2N2O2S/c1-4-2-3-5(10-9-4)13(11,12)6(7)8/h2-3,6H,1H3. The van der Waals surface area contributed by atoms with Crippen molar-refractivity contribution in [2.45, 2.75) is 15.0 Å². The van der Waals surface area contributed by atoms with E-state index in [9.17, 15) is 8.42 Å². The van der Waals surface area contributed by atoms with Crippen molar-refractivity contribution in [1.29, 1.82) is 0 Å². The van der Waals surface area contributed by atoms with Crippen LogP contribution in [-0.2, 0) is 9.84 Å². The van der Waals surface area contributed by atoms with Gasteiger partial charge in [0, 0.05) is 0 Å². The molecule has 0 unspecified atom stereocenters. The summed E-state index contributed by atoms with van der Waals surface area (Å²) in [5.41, 5.74) is 0.680. The Labute approximate surface area is 92.9 Å². The summed E-state index contributed by atoms with van der Waals surface area (Å²) in [6.45, 7) is 1.74. The topological polar surface area (TPSA) is 59.9 Å². The van der Waals surface area contributed by atoms with Crippen LogP contribution in [0.3, 0.4) is 0 Å². The Kier molecular flexibility index (Phi) is 3.42. The average molecular weight is 330 g/mol. The van der Waals surface area contributed by atoms with E-state index in [4.69, 9.17) is 0 Å². The Morgan fingerprint density at radius 1 is 1.31 bits per heavy atom. The van der Waals surface area contributed by atoms with Gasteiger partial charge in [-0.2, -0.15) is 5.10 Å². The number of hydrogen-bond donors (Lipinski definition) is 0. The fourth-order valence-electron chi connectivity index (χ4n) is 0.630. The first-order chi connectivity index (χ1) is 5.94. The summed E-state index contributed by atoms with van der Waals surface area (Å²) < 4.78 is 22.1. The molecule has 0 radical (unpaired) electrons. The van der Waals surface area contributed by atoms with E-state index in [1.54, 1.807) is 13.0 Å². The average Bonchev–Trinajstić information content (AvgIpc) is 2.04. The van der Waals surface area contributed by atoms with E-state index < -0.39 is 12.9 Å². The molecule has 1 aromatic heterocycles. The van der Waals surface area contributed by atoms with Gasteiger partial charge >= 0.3 is 0 Å². The van der Waals surface area contributed by atoms with Gasteiger partial charge in [-0.1, -0.05) is 31.9 Å². The molecular formula is C6H6Br2N2O2S. The number of sulfone groups is 1. The maximum Gasteiger partial charge on any atom is 0.220 e. The van der Waals surface area contributed by atoms with Gasteiger partial charge in [0.25, 0.3) is 0 Å². The second-order valence-corrected chi connectivity index (χ2v) is 8.57. The van der Waals surface area contributed by atoms with Gasteiger partial charge in [-0.3, -0.25) is 0 Å². The number of hydrogen-bond acceptors (Lipinski definition) is 4. The third-order valence-electron chi connectivity index (χ3n) is 1.30. The van der Waals surface area contributed by atoms with Crippen molar-refractivity contribution < 1.29 is 8.42 Å². The van der Waals surface area contributed by atoms with Crippen molar-refractivity contribution >= 4 is 41.7 Å². The fourth-order valence-corrected chi connectivity index (χ4v) is 2.37. The van der Waals surface area contributed by atoms with Crippen LogP contribution in [0.4, 0.5) is 0 Å². The molecule has 0 aliphatic rings. The minimum Gasteiger partial charge on any atom is -0.220 e. The van der Waals surface area contributed by atoms with E-state index in [-0.39, 0.29) is 5.03 Å². The van der Waals surface area contributed by atoms with Crippen molar-refractivity contribution in [1.82, 2.24) is 10.2 Å². The molecule has 0 bridgehead atoms. The van der Waals surface area contributed by atoms with E-state index in [1.165, 1.54) is 6.07 Å². The quantitative estimate of drug-likeness (QED) is 0.774. The van der Waals surface area contributed by atoms with E-state index in [1.807, 2.05) is 0 Å². The maximum atomic E-state index is 11.4. The second kappa shape index (κ2) is 4.02. The van der Waals surface area contributed by atoms with E-state index in [0.29, 0.717) is 5.69 Å². The SMILES string of the molecule is Cc1ccc(S(=O)(=O)C(Br)Br)nn1. The van der Waals surface area contributed by atoms with Crippen molar-refractivity contribution in [3.8, 4) is 0 Å². The van der Waals surface area contributed by atoms with Crippen molar-refractivity contribution in [3.05, 3.63) is 17.8 Å². The molecular weight excluding hydrogens is 324 g/mol. The molecule has 0 aromatic carbocycles. The van der Waals surface area contributed by atoms with Gasteiger partial charge in [-0.05, 0) is 19.1 Å². The highest BCUT2D eigenvalue weighted by atomic mass is 79.9. The largest absolute Gasteiger partial charge is 0.220 e. The van der Waals surface area contributed by atoms with Crippen LogP contribution in [0.5, 0.6) is 0 Å². The molecule has 0 aliphatic heterocycles. The van der Waals surface area contributed by atoms with Crippen molar-refractivity contribution in [2.24, 2.45) is 0 Å². The van der Waals surface area contributed by atoms with Gasteiger partial charge in [0.1, 0.15) is 0 Å². The minimum absolute atomic E-state index is 0.0446. The van der Waals surface area contributed by atoms with Crippen LogP contribution in [0.25, 0.3) is 0 Å². The predicted octanol–water partition coefficient (Wildman–Crippen LogP) is 1.63. The van der Waals surface area contributed by atoms with E-state index in [2.05, 4.69) is 42.1 Å². The molecule has 0 saturated carbocycles. The lowest BCUT2D eigenvalue weighted by Gasteiger charge is -2.02. The smallest absolute Gasteiger partial charge is 0.220 e. The molecule has 0 fully saturated rings. The van der Waals surface area contributed by atoms with Crippen molar-refractivity contribution in [2.75, 3.05) is 0 Å². The first-order valence-corrected chi connectivity index (χ1v) is 6.65. The lowest BCUT2D eigenvalue weighted by atomic mass is 10.4. The molecule has 0 atom stereocenters. The van der Waals surface area contributed by atoms with Gasteiger partial charge in [0.05, 0.1) is 5.69 Å². The predicted molar refractivity (Wildman–Crippen MR) is 55.6 cm³/mol. The highest BCUT2D eigenvalue weighted by Gasteiger charge is 2.23. The number of rotatable bonds is 2. The maximum absolute atomic E-state index is 11.4. The fraction of sp³-hybridized carbons (Fsp3) is 0.333. The zero-order chi connectivity index (χ0) is 10.1. The Hall–Kier alpha value is -0.0100. The van der Waals surface area contributed by atoms with Crippen LogP contribution < -0.4 is 0 Å². The number of aryl methyl sites for hydroxylation is 1. The molecule has 72 valence electrons. The summed E-state index contributed by atoms with van der Waals surface area (Å²) in [5.74, 6) is 0. The second-order valence-electron chi connectivity index (χ2n) is 2.32. The molecule has 0 spiro atoms. The molecule has 0 saturated heterocycles. The highest BCUT2D eigenvalue weighted by Crippen LogP contribution is 2.22. The Morgan fingerprint density at radius 3 is 2.31 bits per heavy atom. The summed E-state index contributed by atoms with van der Waals surface area (Å²) in [6, 6.07) is 3.02. The lowest BCUT2D eigenvalue weighted by molar-refractivity contribution is 0.593. The highest BCUT2D eigenvalue weighted by molar-refractivity contribution is 9.27. The van der Waals surface area contributed by atoms with Crippen LogP contribution in [0.15, 0.2) is 17.2 Å². The first-order valence-electron chi connectivity index (χ1n) is 3.27. The van der Waals surface area contributed by atoms with Crippen molar-refractivity contribution in [3.63, 3.8) is 0 Å². The number of halogens is 2. The van der Waals surface area contributed by atoms with Gasteiger partial charge in [-0.15, -0.1) is 5.10 Å². The monoisotopic (exact) mass is 328 g/mol. The molecule has 1 rings (SSSR count). The van der Waals surface area contributed by atoms with Crippen LogP contribution in [0.2, 0.25) is 0 Å². The zero-order valence-corrected chi connectivity index (χ0v) is 10.6. The van der Waals surface area contributed by atoms with Gasteiger partial charge < -0.3 is 0 Å². The van der Waals surface area contributed by atoms with Gasteiger partial charge in [0.2, 0.25) is 9.84 Å². The molecule has 1 aromatic rings. The molecule has 0 N–H and O–H groups in total.